The fourth-order valence-corrected chi connectivity index (χ4v) is 3.22. The van der Waals surface area contributed by atoms with Crippen LogP contribution in [0.3, 0.4) is 0 Å². The Kier molecular flexibility index (Phi) is 5.69. The Morgan fingerprint density at radius 3 is 2.59 bits per heavy atom. The van der Waals surface area contributed by atoms with Crippen molar-refractivity contribution in [2.45, 2.75) is 33.2 Å². The van der Waals surface area contributed by atoms with Gasteiger partial charge in [0, 0.05) is 5.56 Å². The monoisotopic (exact) mass is 318 g/mol. The van der Waals surface area contributed by atoms with Crippen molar-refractivity contribution in [3.05, 3.63) is 40.2 Å². The SMILES string of the molecule is Cc1nc(-c2ccccc2)c(C(=O)NC(CO)CC(C)C)s1. The first-order valence-electron chi connectivity index (χ1n) is 7.45. The molecule has 0 aliphatic rings. The summed E-state index contributed by atoms with van der Waals surface area (Å²) >= 11 is 1.38. The summed E-state index contributed by atoms with van der Waals surface area (Å²) in [5, 5.41) is 13.2. The molecule has 118 valence electrons. The van der Waals surface area contributed by atoms with Gasteiger partial charge in [-0.25, -0.2) is 4.98 Å². The highest BCUT2D eigenvalue weighted by atomic mass is 32.1. The van der Waals surface area contributed by atoms with E-state index in [-0.39, 0.29) is 18.6 Å². The minimum atomic E-state index is -0.224. The minimum absolute atomic E-state index is 0.0532. The predicted molar refractivity (Wildman–Crippen MR) is 90.1 cm³/mol. The van der Waals surface area contributed by atoms with Crippen LogP contribution in [0, 0.1) is 12.8 Å². The van der Waals surface area contributed by atoms with Crippen LogP contribution in [0.25, 0.3) is 11.3 Å². The smallest absolute Gasteiger partial charge is 0.263 e. The van der Waals surface area contributed by atoms with Crippen molar-refractivity contribution < 1.29 is 9.90 Å². The maximum absolute atomic E-state index is 12.6. The van der Waals surface area contributed by atoms with Gasteiger partial charge >= 0.3 is 0 Å². The van der Waals surface area contributed by atoms with E-state index in [1.54, 1.807) is 0 Å². The first kappa shape index (κ1) is 16.6. The van der Waals surface area contributed by atoms with Crippen molar-refractivity contribution >= 4 is 17.2 Å². The van der Waals surface area contributed by atoms with E-state index < -0.39 is 0 Å². The molecule has 0 radical (unpaired) electrons. The number of carbonyl (C=O) groups is 1. The molecular weight excluding hydrogens is 296 g/mol. The number of aliphatic hydroxyl groups is 1. The zero-order chi connectivity index (χ0) is 16.1. The van der Waals surface area contributed by atoms with Crippen LogP contribution in [0.15, 0.2) is 30.3 Å². The normalized spacial score (nSPS) is 12.4. The molecule has 0 saturated carbocycles. The number of rotatable bonds is 6. The highest BCUT2D eigenvalue weighted by Gasteiger charge is 2.21. The topological polar surface area (TPSA) is 62.2 Å². The molecule has 2 rings (SSSR count). The molecule has 0 spiro atoms. The Balaban J connectivity index is 2.23. The number of aromatic nitrogens is 1. The molecule has 0 saturated heterocycles. The van der Waals surface area contributed by atoms with Gasteiger partial charge in [0.15, 0.2) is 0 Å². The van der Waals surface area contributed by atoms with Gasteiger partial charge in [-0.15, -0.1) is 11.3 Å². The maximum atomic E-state index is 12.6. The summed E-state index contributed by atoms with van der Waals surface area (Å²) < 4.78 is 0. The van der Waals surface area contributed by atoms with E-state index >= 15 is 0 Å². The maximum Gasteiger partial charge on any atom is 0.263 e. The molecule has 22 heavy (non-hydrogen) atoms. The molecule has 1 amide bonds. The van der Waals surface area contributed by atoms with E-state index in [1.165, 1.54) is 11.3 Å². The average molecular weight is 318 g/mol. The molecule has 0 fully saturated rings. The number of aryl methyl sites for hydroxylation is 1. The second kappa shape index (κ2) is 7.51. The van der Waals surface area contributed by atoms with Gasteiger partial charge in [0.2, 0.25) is 0 Å². The van der Waals surface area contributed by atoms with Gasteiger partial charge < -0.3 is 10.4 Å². The molecule has 5 heteroatoms. The molecule has 0 bridgehead atoms. The van der Waals surface area contributed by atoms with Gasteiger partial charge in [0.1, 0.15) is 4.88 Å². The zero-order valence-electron chi connectivity index (χ0n) is 13.2. The number of amides is 1. The van der Waals surface area contributed by atoms with E-state index in [4.69, 9.17) is 0 Å². The highest BCUT2D eigenvalue weighted by molar-refractivity contribution is 7.14. The zero-order valence-corrected chi connectivity index (χ0v) is 14.0. The van der Waals surface area contributed by atoms with Crippen LogP contribution >= 0.6 is 11.3 Å². The lowest BCUT2D eigenvalue weighted by molar-refractivity contribution is 0.0913. The third-order valence-corrected chi connectivity index (χ3v) is 4.27. The predicted octanol–water partition coefficient (Wildman–Crippen LogP) is 3.26. The van der Waals surface area contributed by atoms with E-state index in [2.05, 4.69) is 24.1 Å². The van der Waals surface area contributed by atoms with Crippen molar-refractivity contribution in [2.24, 2.45) is 5.92 Å². The first-order valence-corrected chi connectivity index (χ1v) is 8.27. The molecule has 1 heterocycles. The Morgan fingerprint density at radius 1 is 1.32 bits per heavy atom. The van der Waals surface area contributed by atoms with Crippen LogP contribution in [0.2, 0.25) is 0 Å². The summed E-state index contributed by atoms with van der Waals surface area (Å²) in [5.74, 6) is 0.249. The van der Waals surface area contributed by atoms with Crippen LogP contribution in [-0.2, 0) is 0 Å². The standard InChI is InChI=1S/C17H22N2O2S/c1-11(2)9-14(10-20)19-17(21)16-15(18-12(3)22-16)13-7-5-4-6-8-13/h4-8,11,14,20H,9-10H2,1-3H3,(H,19,21). The second-order valence-electron chi connectivity index (χ2n) is 5.76. The van der Waals surface area contributed by atoms with Crippen LogP contribution < -0.4 is 5.32 Å². The van der Waals surface area contributed by atoms with E-state index in [0.717, 1.165) is 17.0 Å². The molecular formula is C17H22N2O2S. The highest BCUT2D eigenvalue weighted by Crippen LogP contribution is 2.28. The molecule has 1 atom stereocenters. The fraction of sp³-hybridized carbons (Fsp3) is 0.412. The summed E-state index contributed by atoms with van der Waals surface area (Å²) in [6.07, 6.45) is 0.751. The lowest BCUT2D eigenvalue weighted by atomic mass is 10.0. The Hall–Kier alpha value is -1.72. The molecule has 1 aromatic carbocycles. The molecule has 2 N–H and O–H groups in total. The third-order valence-electron chi connectivity index (χ3n) is 3.30. The largest absolute Gasteiger partial charge is 0.394 e. The number of thiazole rings is 1. The van der Waals surface area contributed by atoms with Crippen LogP contribution in [0.5, 0.6) is 0 Å². The van der Waals surface area contributed by atoms with Crippen LogP contribution in [0.1, 0.15) is 34.9 Å². The van der Waals surface area contributed by atoms with Gasteiger partial charge in [-0.05, 0) is 19.3 Å². The van der Waals surface area contributed by atoms with Crippen molar-refractivity contribution in [3.8, 4) is 11.3 Å². The Bertz CT molecular complexity index is 623. The van der Waals surface area contributed by atoms with Crippen molar-refractivity contribution in [2.75, 3.05) is 6.61 Å². The fourth-order valence-electron chi connectivity index (χ4n) is 2.37. The lowest BCUT2D eigenvalue weighted by Gasteiger charge is -2.18. The summed E-state index contributed by atoms with van der Waals surface area (Å²) in [6.45, 7) is 5.98. The number of hydrogen-bond acceptors (Lipinski definition) is 4. The first-order chi connectivity index (χ1) is 10.5. The summed E-state index contributed by atoms with van der Waals surface area (Å²) in [6, 6.07) is 9.47. The molecule has 2 aromatic rings. The number of nitrogens with one attached hydrogen (secondary N) is 1. The molecule has 1 unspecified atom stereocenters. The summed E-state index contributed by atoms with van der Waals surface area (Å²) in [5.41, 5.74) is 1.64. The number of aliphatic hydroxyl groups excluding tert-OH is 1. The molecule has 0 aliphatic heterocycles. The third kappa shape index (κ3) is 4.15. The molecule has 0 aliphatic carbocycles. The minimum Gasteiger partial charge on any atom is -0.394 e. The summed E-state index contributed by atoms with van der Waals surface area (Å²) in [7, 11) is 0. The molecule has 1 aromatic heterocycles. The average Bonchev–Trinajstić information content (AvgIpc) is 2.89. The van der Waals surface area contributed by atoms with E-state index in [0.29, 0.717) is 16.5 Å². The van der Waals surface area contributed by atoms with Crippen molar-refractivity contribution in [3.63, 3.8) is 0 Å². The van der Waals surface area contributed by atoms with Crippen molar-refractivity contribution in [1.29, 1.82) is 0 Å². The Morgan fingerprint density at radius 2 is 2.00 bits per heavy atom. The van der Waals surface area contributed by atoms with E-state index in [9.17, 15) is 9.90 Å². The Labute approximate surface area is 135 Å². The van der Waals surface area contributed by atoms with Gasteiger partial charge in [0.25, 0.3) is 5.91 Å². The van der Waals surface area contributed by atoms with Gasteiger partial charge in [-0.2, -0.15) is 0 Å². The van der Waals surface area contributed by atoms with Gasteiger partial charge in [-0.3, -0.25) is 4.79 Å². The molecule has 4 nitrogen and oxygen atoms in total. The lowest BCUT2D eigenvalue weighted by Crippen LogP contribution is -2.38. The number of carbonyl (C=O) groups excluding carboxylic acids is 1. The van der Waals surface area contributed by atoms with Crippen LogP contribution in [0.4, 0.5) is 0 Å². The van der Waals surface area contributed by atoms with Crippen molar-refractivity contribution in [1.82, 2.24) is 10.3 Å². The quantitative estimate of drug-likeness (QED) is 0.859. The summed E-state index contributed by atoms with van der Waals surface area (Å²) in [4.78, 5) is 17.6. The van der Waals surface area contributed by atoms with E-state index in [1.807, 2.05) is 37.3 Å². The number of benzene rings is 1. The van der Waals surface area contributed by atoms with Crippen LogP contribution in [-0.4, -0.2) is 28.6 Å². The second-order valence-corrected chi connectivity index (χ2v) is 6.96. The number of nitrogens with zero attached hydrogens (tertiary/aromatic N) is 1. The van der Waals surface area contributed by atoms with Gasteiger partial charge in [0.05, 0.1) is 23.4 Å². The van der Waals surface area contributed by atoms with Gasteiger partial charge in [-0.1, -0.05) is 44.2 Å². The number of hydrogen-bond donors (Lipinski definition) is 2.